The van der Waals surface area contributed by atoms with Crippen LogP contribution in [0.15, 0.2) is 12.1 Å². The molecule has 2 N–H and O–H groups in total. The quantitative estimate of drug-likeness (QED) is 0.818. The van der Waals surface area contributed by atoms with Gasteiger partial charge in [-0.1, -0.05) is 19.8 Å². The Morgan fingerprint density at radius 3 is 2.78 bits per heavy atom. The van der Waals surface area contributed by atoms with E-state index in [1.807, 2.05) is 0 Å². The maximum Gasteiger partial charge on any atom is 0.130 e. The van der Waals surface area contributed by atoms with Crippen molar-refractivity contribution in [2.45, 2.75) is 38.8 Å². The van der Waals surface area contributed by atoms with Crippen molar-refractivity contribution >= 4 is 0 Å². The van der Waals surface area contributed by atoms with Gasteiger partial charge in [-0.2, -0.15) is 0 Å². The van der Waals surface area contributed by atoms with Gasteiger partial charge in [0.2, 0.25) is 0 Å². The van der Waals surface area contributed by atoms with Crippen LogP contribution < -0.4 is 5.73 Å². The maximum absolute atomic E-state index is 13.7. The fraction of sp³-hybridized carbons (Fsp3) is 0.571. The van der Waals surface area contributed by atoms with Crippen molar-refractivity contribution in [2.75, 3.05) is 13.1 Å². The molecule has 0 saturated heterocycles. The van der Waals surface area contributed by atoms with E-state index in [0.717, 1.165) is 37.4 Å². The Kier molecular flexibility index (Phi) is 4.30. The Morgan fingerprint density at radius 1 is 1.33 bits per heavy atom. The highest BCUT2D eigenvalue weighted by molar-refractivity contribution is 5.36. The lowest BCUT2D eigenvalue weighted by Crippen LogP contribution is -2.28. The summed E-state index contributed by atoms with van der Waals surface area (Å²) in [5, 5.41) is 0. The Bertz CT molecular complexity index is 421. The molecule has 0 radical (unpaired) electrons. The second-order valence-corrected chi connectivity index (χ2v) is 4.88. The molecule has 100 valence electrons. The normalized spacial score (nSPS) is 19.2. The minimum Gasteiger partial charge on any atom is -0.329 e. The molecule has 4 heteroatoms. The van der Waals surface area contributed by atoms with Crippen LogP contribution in [0, 0.1) is 11.6 Å². The second-order valence-electron chi connectivity index (χ2n) is 4.88. The summed E-state index contributed by atoms with van der Waals surface area (Å²) in [6, 6.07) is 2.35. The summed E-state index contributed by atoms with van der Waals surface area (Å²) < 4.78 is 27.0. The molecule has 1 aromatic carbocycles. The zero-order valence-electron chi connectivity index (χ0n) is 10.8. The van der Waals surface area contributed by atoms with E-state index in [9.17, 15) is 8.78 Å². The standard InChI is InChI=1S/C14H20F2N2/c1-2-3-4-5-18-9-12-11(14(18)8-17)6-10(15)7-13(12)16/h6-7,14H,2-5,8-9,17H2,1H3. The zero-order valence-corrected chi connectivity index (χ0v) is 10.8. The third-order valence-corrected chi connectivity index (χ3v) is 3.63. The molecule has 0 spiro atoms. The molecule has 1 aromatic rings. The molecule has 0 saturated carbocycles. The molecule has 0 bridgehead atoms. The van der Waals surface area contributed by atoms with Crippen LogP contribution in [0.1, 0.15) is 43.4 Å². The van der Waals surface area contributed by atoms with E-state index in [4.69, 9.17) is 5.73 Å². The van der Waals surface area contributed by atoms with Gasteiger partial charge in [0, 0.05) is 30.8 Å². The first-order chi connectivity index (χ1) is 8.67. The van der Waals surface area contributed by atoms with Crippen molar-refractivity contribution in [2.24, 2.45) is 5.73 Å². The van der Waals surface area contributed by atoms with Crippen molar-refractivity contribution < 1.29 is 8.78 Å². The van der Waals surface area contributed by atoms with Gasteiger partial charge in [0.1, 0.15) is 11.6 Å². The van der Waals surface area contributed by atoms with E-state index < -0.39 is 11.6 Å². The van der Waals surface area contributed by atoms with Crippen molar-refractivity contribution in [3.63, 3.8) is 0 Å². The van der Waals surface area contributed by atoms with Crippen LogP contribution in [-0.4, -0.2) is 18.0 Å². The third kappa shape index (κ3) is 2.54. The van der Waals surface area contributed by atoms with Crippen molar-refractivity contribution in [3.05, 3.63) is 34.9 Å². The van der Waals surface area contributed by atoms with Gasteiger partial charge in [0.15, 0.2) is 0 Å². The van der Waals surface area contributed by atoms with Crippen molar-refractivity contribution in [1.29, 1.82) is 0 Å². The molecule has 0 aliphatic carbocycles. The van der Waals surface area contributed by atoms with Crippen molar-refractivity contribution in [3.8, 4) is 0 Å². The average molecular weight is 254 g/mol. The summed E-state index contributed by atoms with van der Waals surface area (Å²) in [6.07, 6.45) is 3.38. The molecule has 0 aromatic heterocycles. The molecular formula is C14H20F2N2. The predicted octanol–water partition coefficient (Wildman–Crippen LogP) is 2.97. The molecule has 1 unspecified atom stereocenters. The van der Waals surface area contributed by atoms with E-state index in [0.29, 0.717) is 18.7 Å². The highest BCUT2D eigenvalue weighted by Gasteiger charge is 2.31. The molecule has 2 rings (SSSR count). The SMILES string of the molecule is CCCCCN1Cc2c(F)cc(F)cc2C1CN. The minimum atomic E-state index is -0.514. The molecule has 1 atom stereocenters. The molecular weight excluding hydrogens is 234 g/mol. The monoisotopic (exact) mass is 254 g/mol. The van der Waals surface area contributed by atoms with E-state index in [1.54, 1.807) is 0 Å². The van der Waals surface area contributed by atoms with Gasteiger partial charge in [-0.05, 0) is 24.6 Å². The van der Waals surface area contributed by atoms with E-state index in [2.05, 4.69) is 11.8 Å². The van der Waals surface area contributed by atoms with E-state index >= 15 is 0 Å². The zero-order chi connectivity index (χ0) is 13.1. The average Bonchev–Trinajstić information content (AvgIpc) is 2.67. The van der Waals surface area contributed by atoms with Gasteiger partial charge in [0.25, 0.3) is 0 Å². The first kappa shape index (κ1) is 13.4. The number of rotatable bonds is 5. The van der Waals surface area contributed by atoms with Gasteiger partial charge in [0.05, 0.1) is 0 Å². The van der Waals surface area contributed by atoms with E-state index in [-0.39, 0.29) is 6.04 Å². The first-order valence-electron chi connectivity index (χ1n) is 6.59. The molecule has 1 aliphatic heterocycles. The summed E-state index contributed by atoms with van der Waals surface area (Å²) in [5.41, 5.74) is 7.10. The summed E-state index contributed by atoms with van der Waals surface area (Å²) in [4.78, 5) is 2.16. The number of nitrogens with zero attached hydrogens (tertiary/aromatic N) is 1. The number of halogens is 2. The number of hydrogen-bond donors (Lipinski definition) is 1. The van der Waals surface area contributed by atoms with Gasteiger partial charge < -0.3 is 5.73 Å². The fourth-order valence-electron chi connectivity index (χ4n) is 2.67. The topological polar surface area (TPSA) is 29.3 Å². The van der Waals surface area contributed by atoms with Crippen LogP contribution in [0.3, 0.4) is 0 Å². The first-order valence-corrected chi connectivity index (χ1v) is 6.59. The molecule has 0 amide bonds. The number of nitrogens with two attached hydrogens (primary N) is 1. The maximum atomic E-state index is 13.7. The summed E-state index contributed by atoms with van der Waals surface area (Å²) in [7, 11) is 0. The summed E-state index contributed by atoms with van der Waals surface area (Å²) in [6.45, 7) is 3.99. The van der Waals surface area contributed by atoms with Gasteiger partial charge in [-0.15, -0.1) is 0 Å². The number of unbranched alkanes of at least 4 members (excludes halogenated alkanes) is 2. The van der Waals surface area contributed by atoms with Gasteiger partial charge >= 0.3 is 0 Å². The molecule has 1 heterocycles. The number of benzene rings is 1. The lowest BCUT2D eigenvalue weighted by Gasteiger charge is -2.23. The van der Waals surface area contributed by atoms with Crippen LogP contribution in [0.2, 0.25) is 0 Å². The summed E-state index contributed by atoms with van der Waals surface area (Å²) in [5.74, 6) is -0.957. The van der Waals surface area contributed by atoms with Gasteiger partial charge in [-0.3, -0.25) is 4.90 Å². The third-order valence-electron chi connectivity index (χ3n) is 3.63. The molecule has 2 nitrogen and oxygen atoms in total. The minimum absolute atomic E-state index is 0.0398. The lowest BCUT2D eigenvalue weighted by atomic mass is 10.0. The second kappa shape index (κ2) is 5.76. The number of hydrogen-bond acceptors (Lipinski definition) is 2. The van der Waals surface area contributed by atoms with Crippen LogP contribution in [0.4, 0.5) is 8.78 Å². The smallest absolute Gasteiger partial charge is 0.130 e. The Hall–Kier alpha value is -1.00. The van der Waals surface area contributed by atoms with Gasteiger partial charge in [-0.25, -0.2) is 8.78 Å². The van der Waals surface area contributed by atoms with Crippen molar-refractivity contribution in [1.82, 2.24) is 4.90 Å². The van der Waals surface area contributed by atoms with E-state index in [1.165, 1.54) is 6.07 Å². The van der Waals surface area contributed by atoms with Crippen LogP contribution in [-0.2, 0) is 6.54 Å². The fourth-order valence-corrected chi connectivity index (χ4v) is 2.67. The Labute approximate surface area is 107 Å². The lowest BCUT2D eigenvalue weighted by molar-refractivity contribution is 0.214. The molecule has 1 aliphatic rings. The van der Waals surface area contributed by atoms with Crippen LogP contribution in [0.25, 0.3) is 0 Å². The molecule has 0 fully saturated rings. The van der Waals surface area contributed by atoms with Crippen LogP contribution in [0.5, 0.6) is 0 Å². The Balaban J connectivity index is 2.17. The predicted molar refractivity (Wildman–Crippen MR) is 68.1 cm³/mol. The highest BCUT2D eigenvalue weighted by Crippen LogP contribution is 2.35. The highest BCUT2D eigenvalue weighted by atomic mass is 19.1. The Morgan fingerprint density at radius 2 is 2.11 bits per heavy atom. The molecule has 18 heavy (non-hydrogen) atoms. The largest absolute Gasteiger partial charge is 0.329 e. The van der Waals surface area contributed by atoms with Crippen LogP contribution >= 0.6 is 0 Å². The number of fused-ring (bicyclic) bond motifs is 1. The summed E-state index contributed by atoms with van der Waals surface area (Å²) >= 11 is 0.